The third-order valence-electron chi connectivity index (χ3n) is 4.41. The van der Waals surface area contributed by atoms with Crippen molar-refractivity contribution < 1.29 is 4.79 Å². The van der Waals surface area contributed by atoms with E-state index in [0.29, 0.717) is 0 Å². The number of amides is 1. The molecule has 0 radical (unpaired) electrons. The van der Waals surface area contributed by atoms with Crippen molar-refractivity contribution in [3.63, 3.8) is 0 Å². The average molecular weight is 329 g/mol. The summed E-state index contributed by atoms with van der Waals surface area (Å²) in [5.41, 5.74) is 6.22. The van der Waals surface area contributed by atoms with E-state index in [1.165, 1.54) is 5.56 Å². The van der Waals surface area contributed by atoms with Crippen molar-refractivity contribution in [1.29, 1.82) is 0 Å². The van der Waals surface area contributed by atoms with E-state index in [1.807, 2.05) is 56.3 Å². The minimum Gasteiger partial charge on any atom is -0.341 e. The Morgan fingerprint density at radius 3 is 2.12 bits per heavy atom. The predicted octanol–water partition coefficient (Wildman–Crippen LogP) is 5.13. The van der Waals surface area contributed by atoms with E-state index in [2.05, 4.69) is 42.6 Å². The van der Waals surface area contributed by atoms with Crippen LogP contribution in [-0.2, 0) is 0 Å². The summed E-state index contributed by atoms with van der Waals surface area (Å²) in [6, 6.07) is 24.1. The molecule has 0 saturated heterocycles. The molecule has 0 heterocycles. The molecule has 0 bridgehead atoms. The number of aryl methyl sites for hydroxylation is 3. The molecule has 0 spiro atoms. The van der Waals surface area contributed by atoms with Crippen molar-refractivity contribution in [3.05, 3.63) is 106 Å². The van der Waals surface area contributed by atoms with Gasteiger partial charge in [-0.3, -0.25) is 4.79 Å². The molecule has 126 valence electrons. The average Bonchev–Trinajstić information content (AvgIpc) is 2.60. The Balaban J connectivity index is 1.96. The minimum absolute atomic E-state index is 0.0483. The molecule has 0 saturated carbocycles. The van der Waals surface area contributed by atoms with Crippen LogP contribution >= 0.6 is 0 Å². The van der Waals surface area contributed by atoms with Crippen molar-refractivity contribution >= 4 is 5.91 Å². The second-order valence-corrected chi connectivity index (χ2v) is 6.55. The van der Waals surface area contributed by atoms with E-state index in [4.69, 9.17) is 0 Å². The molecule has 0 aliphatic carbocycles. The summed E-state index contributed by atoms with van der Waals surface area (Å²) in [6.07, 6.45) is 0. The van der Waals surface area contributed by atoms with Crippen molar-refractivity contribution in [2.75, 3.05) is 0 Å². The summed E-state index contributed by atoms with van der Waals surface area (Å²) in [4.78, 5) is 12.9. The molecule has 3 aromatic rings. The van der Waals surface area contributed by atoms with Gasteiger partial charge < -0.3 is 5.32 Å². The zero-order chi connectivity index (χ0) is 17.8. The fourth-order valence-corrected chi connectivity index (χ4v) is 3.13. The highest BCUT2D eigenvalue weighted by molar-refractivity contribution is 5.96. The van der Waals surface area contributed by atoms with Gasteiger partial charge in [0.2, 0.25) is 0 Å². The van der Waals surface area contributed by atoms with Crippen LogP contribution in [0.1, 0.15) is 44.2 Å². The van der Waals surface area contributed by atoms with Gasteiger partial charge in [-0.2, -0.15) is 0 Å². The molecule has 3 rings (SSSR count). The van der Waals surface area contributed by atoms with Gasteiger partial charge >= 0.3 is 0 Å². The van der Waals surface area contributed by atoms with Crippen LogP contribution in [0.5, 0.6) is 0 Å². The summed E-state index contributed by atoms with van der Waals surface area (Å²) in [5.74, 6) is -0.0483. The maximum Gasteiger partial charge on any atom is 0.252 e. The Kier molecular flexibility index (Phi) is 4.99. The van der Waals surface area contributed by atoms with Crippen molar-refractivity contribution in [2.45, 2.75) is 26.8 Å². The molecule has 0 aromatic heterocycles. The molecule has 2 nitrogen and oxygen atoms in total. The Morgan fingerprint density at radius 2 is 1.44 bits per heavy atom. The second kappa shape index (κ2) is 7.35. The van der Waals surface area contributed by atoms with Crippen molar-refractivity contribution in [3.8, 4) is 0 Å². The molecule has 0 unspecified atom stereocenters. The van der Waals surface area contributed by atoms with Crippen molar-refractivity contribution in [2.24, 2.45) is 0 Å². The molecule has 0 aliphatic rings. The zero-order valence-electron chi connectivity index (χ0n) is 14.9. The molecule has 2 heteroatoms. The van der Waals surface area contributed by atoms with Gasteiger partial charge in [0, 0.05) is 5.56 Å². The normalized spacial score (nSPS) is 11.8. The Labute approximate surface area is 149 Å². The standard InChI is InChI=1S/C23H23NO/c1-16-8-7-11-20(15-16)22(19-9-5-4-6-10-19)24-23(25)21-13-12-17(2)14-18(21)3/h4-15,22H,1-3H3,(H,24,25)/t22-/m1/s1. The highest BCUT2D eigenvalue weighted by Gasteiger charge is 2.18. The zero-order valence-corrected chi connectivity index (χ0v) is 14.9. The molecule has 1 atom stereocenters. The first-order valence-electron chi connectivity index (χ1n) is 8.54. The van der Waals surface area contributed by atoms with E-state index in [0.717, 1.165) is 27.8 Å². The van der Waals surface area contributed by atoms with Gasteiger partial charge in [-0.15, -0.1) is 0 Å². The minimum atomic E-state index is -0.172. The highest BCUT2D eigenvalue weighted by Crippen LogP contribution is 2.24. The number of nitrogens with one attached hydrogen (secondary N) is 1. The first-order chi connectivity index (χ1) is 12.0. The van der Waals surface area contributed by atoms with Crippen LogP contribution in [0.2, 0.25) is 0 Å². The predicted molar refractivity (Wildman–Crippen MR) is 103 cm³/mol. The smallest absolute Gasteiger partial charge is 0.252 e. The molecular formula is C23H23NO. The summed E-state index contributed by atoms with van der Waals surface area (Å²) in [6.45, 7) is 6.08. The number of rotatable bonds is 4. The number of benzene rings is 3. The number of hydrogen-bond acceptors (Lipinski definition) is 1. The van der Waals surface area contributed by atoms with E-state index < -0.39 is 0 Å². The largest absolute Gasteiger partial charge is 0.341 e. The number of carbonyl (C=O) groups excluding carboxylic acids is 1. The van der Waals surface area contributed by atoms with E-state index in [-0.39, 0.29) is 11.9 Å². The van der Waals surface area contributed by atoms with Gasteiger partial charge in [0.15, 0.2) is 0 Å². The van der Waals surface area contributed by atoms with Gasteiger partial charge in [-0.05, 0) is 43.5 Å². The van der Waals surface area contributed by atoms with Gasteiger partial charge in [0.1, 0.15) is 0 Å². The van der Waals surface area contributed by atoms with Crippen LogP contribution in [0.15, 0.2) is 72.8 Å². The Bertz CT molecular complexity index is 884. The lowest BCUT2D eigenvalue weighted by Crippen LogP contribution is -2.30. The Morgan fingerprint density at radius 1 is 0.760 bits per heavy atom. The molecular weight excluding hydrogens is 306 g/mol. The van der Waals surface area contributed by atoms with Crippen LogP contribution in [0.3, 0.4) is 0 Å². The molecule has 1 N–H and O–H groups in total. The monoisotopic (exact) mass is 329 g/mol. The van der Waals surface area contributed by atoms with Gasteiger partial charge in [0.05, 0.1) is 6.04 Å². The van der Waals surface area contributed by atoms with Crippen LogP contribution in [0.25, 0.3) is 0 Å². The highest BCUT2D eigenvalue weighted by atomic mass is 16.1. The maximum atomic E-state index is 12.9. The lowest BCUT2D eigenvalue weighted by Gasteiger charge is -2.21. The third kappa shape index (κ3) is 3.97. The summed E-state index contributed by atoms with van der Waals surface area (Å²) >= 11 is 0. The lowest BCUT2D eigenvalue weighted by atomic mass is 9.96. The number of carbonyl (C=O) groups is 1. The first kappa shape index (κ1) is 17.0. The van der Waals surface area contributed by atoms with Gasteiger partial charge in [0.25, 0.3) is 5.91 Å². The third-order valence-corrected chi connectivity index (χ3v) is 4.41. The van der Waals surface area contributed by atoms with Crippen LogP contribution in [0.4, 0.5) is 0 Å². The van der Waals surface area contributed by atoms with Gasteiger partial charge in [-0.1, -0.05) is 77.9 Å². The molecule has 0 fully saturated rings. The second-order valence-electron chi connectivity index (χ2n) is 6.55. The SMILES string of the molecule is Cc1cccc([C@H](NC(=O)c2ccc(C)cc2C)c2ccccc2)c1. The fraction of sp³-hybridized carbons (Fsp3) is 0.174. The Hall–Kier alpha value is -2.87. The van der Waals surface area contributed by atoms with E-state index in [9.17, 15) is 4.79 Å². The van der Waals surface area contributed by atoms with Crippen LogP contribution in [-0.4, -0.2) is 5.91 Å². The first-order valence-corrected chi connectivity index (χ1v) is 8.54. The maximum absolute atomic E-state index is 12.9. The molecule has 0 aliphatic heterocycles. The topological polar surface area (TPSA) is 29.1 Å². The van der Waals surface area contributed by atoms with E-state index >= 15 is 0 Å². The summed E-state index contributed by atoms with van der Waals surface area (Å²) < 4.78 is 0. The van der Waals surface area contributed by atoms with Crippen molar-refractivity contribution in [1.82, 2.24) is 5.32 Å². The number of hydrogen-bond donors (Lipinski definition) is 1. The summed E-state index contributed by atoms with van der Waals surface area (Å²) in [5, 5.41) is 3.21. The van der Waals surface area contributed by atoms with Crippen LogP contribution < -0.4 is 5.32 Å². The summed E-state index contributed by atoms with van der Waals surface area (Å²) in [7, 11) is 0. The fourth-order valence-electron chi connectivity index (χ4n) is 3.13. The van der Waals surface area contributed by atoms with E-state index in [1.54, 1.807) is 0 Å². The molecule has 1 amide bonds. The quantitative estimate of drug-likeness (QED) is 0.706. The molecule has 3 aromatic carbocycles. The van der Waals surface area contributed by atoms with Crippen LogP contribution in [0, 0.1) is 20.8 Å². The molecule has 25 heavy (non-hydrogen) atoms. The van der Waals surface area contributed by atoms with Gasteiger partial charge in [-0.25, -0.2) is 0 Å². The lowest BCUT2D eigenvalue weighted by molar-refractivity contribution is 0.0942.